The van der Waals surface area contributed by atoms with Gasteiger partial charge in [0.2, 0.25) is 0 Å². The molecule has 0 radical (unpaired) electrons. The standard InChI is InChI=1S/C17H19N5O5/c1-3-27-16-20-14(18)13-15(21-16)22(17(25)19-13)8-9-4-5-11(26-2)10(6-9)7-12(23)24/h4-6H,3,7-8H2,1-2H3,(H,19,25)(H,23,24)(H2,18,20,21). The number of methoxy groups -OCH3 is 1. The van der Waals surface area contributed by atoms with Crippen molar-refractivity contribution in [3.8, 4) is 11.8 Å². The molecule has 10 nitrogen and oxygen atoms in total. The summed E-state index contributed by atoms with van der Waals surface area (Å²) in [5.41, 5.74) is 7.34. The zero-order valence-corrected chi connectivity index (χ0v) is 14.9. The normalized spacial score (nSPS) is 10.9. The smallest absolute Gasteiger partial charge is 0.328 e. The monoisotopic (exact) mass is 373 g/mol. The van der Waals surface area contributed by atoms with Crippen molar-refractivity contribution in [3.05, 3.63) is 39.8 Å². The molecule has 2 aromatic heterocycles. The van der Waals surface area contributed by atoms with Crippen LogP contribution >= 0.6 is 0 Å². The molecule has 10 heteroatoms. The van der Waals surface area contributed by atoms with Crippen LogP contribution in [0.3, 0.4) is 0 Å². The van der Waals surface area contributed by atoms with Crippen molar-refractivity contribution in [1.29, 1.82) is 0 Å². The summed E-state index contributed by atoms with van der Waals surface area (Å²) in [5, 5.41) is 9.07. The molecule has 3 aromatic rings. The number of carbonyl (C=O) groups is 1. The summed E-state index contributed by atoms with van der Waals surface area (Å²) in [6.45, 7) is 2.31. The van der Waals surface area contributed by atoms with Crippen LogP contribution in [0.25, 0.3) is 11.2 Å². The molecule has 0 fully saturated rings. The summed E-state index contributed by atoms with van der Waals surface area (Å²) in [4.78, 5) is 34.3. The number of fused-ring (bicyclic) bond motifs is 1. The summed E-state index contributed by atoms with van der Waals surface area (Å²) in [6, 6.07) is 5.19. The first-order chi connectivity index (χ1) is 12.9. The Hall–Kier alpha value is -3.56. The van der Waals surface area contributed by atoms with Crippen molar-refractivity contribution in [2.75, 3.05) is 19.5 Å². The number of rotatable bonds is 7. The molecule has 0 aliphatic heterocycles. The maximum atomic E-state index is 12.4. The first-order valence-corrected chi connectivity index (χ1v) is 8.19. The van der Waals surface area contributed by atoms with Crippen LogP contribution in [0.15, 0.2) is 23.0 Å². The van der Waals surface area contributed by atoms with Crippen LogP contribution in [0, 0.1) is 0 Å². The summed E-state index contributed by atoms with van der Waals surface area (Å²) >= 11 is 0. The van der Waals surface area contributed by atoms with E-state index in [4.69, 9.17) is 20.3 Å². The molecule has 0 saturated carbocycles. The van der Waals surface area contributed by atoms with Gasteiger partial charge in [0.15, 0.2) is 11.5 Å². The lowest BCUT2D eigenvalue weighted by molar-refractivity contribution is -0.136. The lowest BCUT2D eigenvalue weighted by atomic mass is 10.1. The number of hydrogen-bond acceptors (Lipinski definition) is 7. The van der Waals surface area contributed by atoms with Crippen molar-refractivity contribution in [1.82, 2.24) is 19.5 Å². The Kier molecular flexibility index (Phi) is 4.97. The number of aliphatic carboxylic acids is 1. The Labute approximate surface area is 153 Å². The molecule has 0 aliphatic rings. The minimum absolute atomic E-state index is 0.0801. The van der Waals surface area contributed by atoms with Gasteiger partial charge in [-0.05, 0) is 24.6 Å². The number of nitrogens with two attached hydrogens (primary N) is 1. The van der Waals surface area contributed by atoms with E-state index in [0.29, 0.717) is 34.6 Å². The van der Waals surface area contributed by atoms with Gasteiger partial charge in [0.25, 0.3) is 0 Å². The molecule has 0 aliphatic carbocycles. The third kappa shape index (κ3) is 3.68. The number of carboxylic acids is 1. The van der Waals surface area contributed by atoms with E-state index in [1.807, 2.05) is 0 Å². The van der Waals surface area contributed by atoms with Crippen molar-refractivity contribution in [2.45, 2.75) is 19.9 Å². The molecule has 0 atom stereocenters. The minimum atomic E-state index is -0.975. The minimum Gasteiger partial charge on any atom is -0.496 e. The largest absolute Gasteiger partial charge is 0.496 e. The predicted octanol–water partition coefficient (Wildman–Crippen LogP) is 0.784. The lowest BCUT2D eigenvalue weighted by Gasteiger charge is -2.10. The maximum Gasteiger partial charge on any atom is 0.328 e. The first-order valence-electron chi connectivity index (χ1n) is 8.19. The molecule has 0 bridgehead atoms. The van der Waals surface area contributed by atoms with Crippen LogP contribution in [0.1, 0.15) is 18.1 Å². The zero-order valence-electron chi connectivity index (χ0n) is 14.9. The van der Waals surface area contributed by atoms with Gasteiger partial charge in [0, 0.05) is 5.56 Å². The molecule has 0 unspecified atom stereocenters. The van der Waals surface area contributed by atoms with Crippen LogP contribution in [0.2, 0.25) is 0 Å². The highest BCUT2D eigenvalue weighted by Gasteiger charge is 2.16. The first kappa shape index (κ1) is 18.2. The summed E-state index contributed by atoms with van der Waals surface area (Å²) in [5.74, 6) is -0.394. The van der Waals surface area contributed by atoms with E-state index in [1.165, 1.54) is 11.7 Å². The quantitative estimate of drug-likeness (QED) is 0.551. The fraction of sp³-hybridized carbons (Fsp3) is 0.294. The third-order valence-corrected chi connectivity index (χ3v) is 3.93. The van der Waals surface area contributed by atoms with Crippen molar-refractivity contribution >= 4 is 23.0 Å². The van der Waals surface area contributed by atoms with Gasteiger partial charge in [-0.2, -0.15) is 9.97 Å². The van der Waals surface area contributed by atoms with E-state index in [2.05, 4.69) is 15.0 Å². The number of anilines is 1. The van der Waals surface area contributed by atoms with Gasteiger partial charge in [-0.3, -0.25) is 9.36 Å². The van der Waals surface area contributed by atoms with Crippen molar-refractivity contribution < 1.29 is 19.4 Å². The average Bonchev–Trinajstić information content (AvgIpc) is 2.92. The maximum absolute atomic E-state index is 12.4. The number of benzene rings is 1. The van der Waals surface area contributed by atoms with Crippen LogP contribution in [0.5, 0.6) is 11.8 Å². The van der Waals surface area contributed by atoms with Gasteiger partial charge in [0.05, 0.1) is 26.7 Å². The van der Waals surface area contributed by atoms with Crippen molar-refractivity contribution in [3.63, 3.8) is 0 Å². The Morgan fingerprint density at radius 1 is 1.37 bits per heavy atom. The fourth-order valence-electron chi connectivity index (χ4n) is 2.79. The average molecular weight is 373 g/mol. The highest BCUT2D eigenvalue weighted by atomic mass is 16.5. The van der Waals surface area contributed by atoms with E-state index in [9.17, 15) is 9.59 Å². The van der Waals surface area contributed by atoms with Crippen molar-refractivity contribution in [2.24, 2.45) is 0 Å². The Morgan fingerprint density at radius 2 is 2.15 bits per heavy atom. The number of nitrogens with one attached hydrogen (secondary N) is 1. The lowest BCUT2D eigenvalue weighted by Crippen LogP contribution is -2.18. The molecule has 2 heterocycles. The second-order valence-corrected chi connectivity index (χ2v) is 5.76. The Balaban J connectivity index is 2.05. The Morgan fingerprint density at radius 3 is 2.81 bits per heavy atom. The molecule has 27 heavy (non-hydrogen) atoms. The van der Waals surface area contributed by atoms with Crippen LogP contribution < -0.4 is 20.9 Å². The number of imidazole rings is 1. The molecule has 4 N–H and O–H groups in total. The molecule has 0 amide bonds. The molecular weight excluding hydrogens is 354 g/mol. The van der Waals surface area contributed by atoms with E-state index in [-0.39, 0.29) is 24.8 Å². The second-order valence-electron chi connectivity index (χ2n) is 5.76. The van der Waals surface area contributed by atoms with Crippen LogP contribution in [-0.2, 0) is 17.8 Å². The number of ether oxygens (including phenoxy) is 2. The molecule has 142 valence electrons. The highest BCUT2D eigenvalue weighted by Crippen LogP contribution is 2.23. The number of nitrogen functional groups attached to an aromatic ring is 1. The fourth-order valence-corrected chi connectivity index (χ4v) is 2.79. The molecule has 0 spiro atoms. The molecule has 1 aromatic carbocycles. The number of aromatic nitrogens is 4. The summed E-state index contributed by atoms with van der Waals surface area (Å²) in [6.07, 6.45) is -0.191. The second kappa shape index (κ2) is 7.36. The number of carboxylic acid groups (broad SMARTS) is 1. The number of H-pyrrole nitrogens is 1. The van der Waals surface area contributed by atoms with Gasteiger partial charge in [-0.1, -0.05) is 6.07 Å². The molecular formula is C17H19N5O5. The predicted molar refractivity (Wildman–Crippen MR) is 97.2 cm³/mol. The van der Waals surface area contributed by atoms with Crippen LogP contribution in [-0.4, -0.2) is 44.3 Å². The van der Waals surface area contributed by atoms with Crippen LogP contribution in [0.4, 0.5) is 5.82 Å². The van der Waals surface area contributed by atoms with E-state index in [0.717, 1.165) is 0 Å². The van der Waals surface area contributed by atoms with E-state index < -0.39 is 11.7 Å². The molecule has 0 saturated heterocycles. The zero-order chi connectivity index (χ0) is 19.6. The summed E-state index contributed by atoms with van der Waals surface area (Å²) < 4.78 is 11.9. The van der Waals surface area contributed by atoms with E-state index in [1.54, 1.807) is 25.1 Å². The third-order valence-electron chi connectivity index (χ3n) is 3.93. The summed E-state index contributed by atoms with van der Waals surface area (Å²) in [7, 11) is 1.47. The topological polar surface area (TPSA) is 145 Å². The van der Waals surface area contributed by atoms with Gasteiger partial charge in [0.1, 0.15) is 11.3 Å². The number of hydrogen-bond donors (Lipinski definition) is 3. The number of aromatic amines is 1. The SMILES string of the molecule is CCOc1nc(N)c2[nH]c(=O)n(Cc3ccc(OC)c(CC(=O)O)c3)c2n1. The van der Waals surface area contributed by atoms with Gasteiger partial charge < -0.3 is 25.3 Å². The molecule has 3 rings (SSSR count). The van der Waals surface area contributed by atoms with Gasteiger partial charge in [-0.15, -0.1) is 0 Å². The van der Waals surface area contributed by atoms with Gasteiger partial charge in [-0.25, -0.2) is 4.79 Å². The van der Waals surface area contributed by atoms with E-state index >= 15 is 0 Å². The van der Waals surface area contributed by atoms with Gasteiger partial charge >= 0.3 is 17.7 Å². The number of nitrogens with zero attached hydrogens (tertiary/aromatic N) is 3. The Bertz CT molecular complexity index is 1060. The highest BCUT2D eigenvalue weighted by molar-refractivity contribution is 5.82.